The fourth-order valence-corrected chi connectivity index (χ4v) is 6.22. The number of rotatable bonds is 4. The summed E-state index contributed by atoms with van der Waals surface area (Å²) < 4.78 is 54.2. The summed E-state index contributed by atoms with van der Waals surface area (Å²) in [6.45, 7) is 0.714. The predicted octanol–water partition coefficient (Wildman–Crippen LogP) is 1.65. The molecule has 1 aromatic heterocycles. The Morgan fingerprint density at radius 3 is 2.18 bits per heavy atom. The maximum atomic E-state index is 13.1. The van der Waals surface area contributed by atoms with Crippen molar-refractivity contribution in [2.45, 2.75) is 16.3 Å². The van der Waals surface area contributed by atoms with Gasteiger partial charge in [0, 0.05) is 26.2 Å². The molecule has 10 heteroatoms. The molecule has 1 aliphatic heterocycles. The minimum absolute atomic E-state index is 0.0123. The zero-order chi connectivity index (χ0) is 19.8. The molecule has 4 rings (SSSR count). The van der Waals surface area contributed by atoms with Crippen molar-refractivity contribution in [2.75, 3.05) is 26.2 Å². The normalized spacial score (nSPS) is 17.6. The van der Waals surface area contributed by atoms with Gasteiger partial charge in [-0.05, 0) is 29.3 Å². The number of nitrogens with zero attached hydrogens (tertiary/aromatic N) is 3. The van der Waals surface area contributed by atoms with Crippen molar-refractivity contribution in [2.24, 2.45) is 0 Å². The maximum absolute atomic E-state index is 13.1. The Balaban J connectivity index is 1.57. The summed E-state index contributed by atoms with van der Waals surface area (Å²) in [5.41, 5.74) is 0. The van der Waals surface area contributed by atoms with Crippen LogP contribution in [0.4, 0.5) is 0 Å². The molecule has 0 atom stereocenters. The third kappa shape index (κ3) is 3.44. The van der Waals surface area contributed by atoms with Gasteiger partial charge in [0.05, 0.1) is 17.4 Å². The van der Waals surface area contributed by atoms with Gasteiger partial charge in [0.25, 0.3) is 10.0 Å². The van der Waals surface area contributed by atoms with Gasteiger partial charge in [0.1, 0.15) is 0 Å². The first kappa shape index (κ1) is 19.1. The minimum Gasteiger partial charge on any atom is -0.335 e. The van der Waals surface area contributed by atoms with Gasteiger partial charge in [-0.1, -0.05) is 30.3 Å². The number of nitrogens with one attached hydrogen (secondary N) is 1. The van der Waals surface area contributed by atoms with Crippen LogP contribution >= 0.6 is 0 Å². The summed E-state index contributed by atoms with van der Waals surface area (Å²) in [6, 6.07) is 12.6. The highest BCUT2D eigenvalue weighted by molar-refractivity contribution is 7.89. The summed E-state index contributed by atoms with van der Waals surface area (Å²) >= 11 is 0. The Morgan fingerprint density at radius 2 is 1.50 bits per heavy atom. The Morgan fingerprint density at radius 1 is 0.821 bits per heavy atom. The number of fused-ring (bicyclic) bond motifs is 1. The van der Waals surface area contributed by atoms with Gasteiger partial charge < -0.3 is 4.98 Å². The van der Waals surface area contributed by atoms with E-state index in [2.05, 4.69) is 9.97 Å². The van der Waals surface area contributed by atoms with Crippen molar-refractivity contribution in [3.63, 3.8) is 0 Å². The molecule has 2 heterocycles. The standard InChI is InChI=1S/C18H20N4O4S2/c23-27(24,17-7-6-15-4-1-2-5-16(15)12-17)21-8-3-9-22(11-10-21)28(25,26)18-13-19-14-20-18/h1-2,4-7,12-14H,3,8-11H2,(H,19,20). The van der Waals surface area contributed by atoms with E-state index in [1.54, 1.807) is 18.2 Å². The van der Waals surface area contributed by atoms with Crippen LogP contribution in [0.2, 0.25) is 0 Å². The smallest absolute Gasteiger partial charge is 0.260 e. The lowest BCUT2D eigenvalue weighted by molar-refractivity contribution is 0.403. The van der Waals surface area contributed by atoms with Crippen LogP contribution in [0.3, 0.4) is 0 Å². The number of aromatic nitrogens is 2. The molecular formula is C18H20N4O4S2. The molecule has 3 aromatic rings. The highest BCUT2D eigenvalue weighted by Gasteiger charge is 2.32. The van der Waals surface area contributed by atoms with Gasteiger partial charge >= 0.3 is 0 Å². The van der Waals surface area contributed by atoms with Crippen LogP contribution in [0.1, 0.15) is 6.42 Å². The second-order valence-corrected chi connectivity index (χ2v) is 10.4. The molecule has 0 radical (unpaired) electrons. The molecule has 148 valence electrons. The lowest BCUT2D eigenvalue weighted by Gasteiger charge is -2.21. The minimum atomic E-state index is -3.71. The van der Waals surface area contributed by atoms with E-state index < -0.39 is 20.0 Å². The highest BCUT2D eigenvalue weighted by atomic mass is 32.2. The van der Waals surface area contributed by atoms with E-state index in [1.165, 1.54) is 21.1 Å². The molecule has 2 aromatic carbocycles. The van der Waals surface area contributed by atoms with Crippen LogP contribution in [0.25, 0.3) is 10.8 Å². The molecule has 1 N–H and O–H groups in total. The van der Waals surface area contributed by atoms with Crippen molar-refractivity contribution in [3.05, 3.63) is 55.0 Å². The van der Waals surface area contributed by atoms with Crippen LogP contribution in [0.5, 0.6) is 0 Å². The zero-order valence-corrected chi connectivity index (χ0v) is 16.7. The summed E-state index contributed by atoms with van der Waals surface area (Å²) in [4.78, 5) is 6.58. The number of hydrogen-bond acceptors (Lipinski definition) is 5. The van der Waals surface area contributed by atoms with Crippen LogP contribution < -0.4 is 0 Å². The third-order valence-electron chi connectivity index (χ3n) is 4.86. The lowest BCUT2D eigenvalue weighted by atomic mass is 10.1. The number of aromatic amines is 1. The van der Waals surface area contributed by atoms with E-state index in [0.29, 0.717) is 6.42 Å². The van der Waals surface area contributed by atoms with Gasteiger partial charge in [-0.25, -0.2) is 21.8 Å². The van der Waals surface area contributed by atoms with Crippen molar-refractivity contribution in [1.82, 2.24) is 18.6 Å². The fraction of sp³-hybridized carbons (Fsp3) is 0.278. The highest BCUT2D eigenvalue weighted by Crippen LogP contribution is 2.24. The average molecular weight is 421 g/mol. The Hall–Kier alpha value is -2.27. The zero-order valence-electron chi connectivity index (χ0n) is 15.0. The second kappa shape index (κ2) is 7.28. The van der Waals surface area contributed by atoms with Gasteiger partial charge in [-0.2, -0.15) is 8.61 Å². The van der Waals surface area contributed by atoms with Crippen molar-refractivity contribution in [1.29, 1.82) is 0 Å². The molecular weight excluding hydrogens is 400 g/mol. The number of hydrogen-bond donors (Lipinski definition) is 1. The summed E-state index contributed by atoms with van der Waals surface area (Å²) in [5.74, 6) is 0. The first-order valence-corrected chi connectivity index (χ1v) is 11.7. The molecule has 0 aliphatic carbocycles. The Bertz CT molecular complexity index is 1190. The number of benzene rings is 2. The Kier molecular flexibility index (Phi) is 4.96. The van der Waals surface area contributed by atoms with E-state index in [0.717, 1.165) is 10.8 Å². The van der Waals surface area contributed by atoms with Crippen LogP contribution in [-0.4, -0.2) is 61.6 Å². The van der Waals surface area contributed by atoms with Gasteiger partial charge in [0.2, 0.25) is 10.0 Å². The van der Waals surface area contributed by atoms with Gasteiger partial charge in [-0.3, -0.25) is 0 Å². The summed E-state index contributed by atoms with van der Waals surface area (Å²) in [6.07, 6.45) is 2.98. The van der Waals surface area contributed by atoms with Crippen molar-refractivity contribution < 1.29 is 16.8 Å². The first-order valence-electron chi connectivity index (χ1n) is 8.86. The number of imidazole rings is 1. The van der Waals surface area contributed by atoms with E-state index in [4.69, 9.17) is 0 Å². The Labute approximate surface area is 163 Å². The van der Waals surface area contributed by atoms with E-state index >= 15 is 0 Å². The lowest BCUT2D eigenvalue weighted by Crippen LogP contribution is -2.37. The molecule has 1 aliphatic rings. The van der Waals surface area contributed by atoms with E-state index in [9.17, 15) is 16.8 Å². The molecule has 8 nitrogen and oxygen atoms in total. The first-order chi connectivity index (χ1) is 13.4. The number of sulfonamides is 2. The molecule has 0 spiro atoms. The molecule has 1 fully saturated rings. The quantitative estimate of drug-likeness (QED) is 0.691. The topological polar surface area (TPSA) is 103 Å². The SMILES string of the molecule is O=S(=O)(c1ccc2ccccc2c1)N1CCCN(S(=O)(=O)c2cnc[nH]2)CC1. The molecule has 0 bridgehead atoms. The average Bonchev–Trinajstić information content (AvgIpc) is 3.12. The van der Waals surface area contributed by atoms with Crippen LogP contribution in [0.15, 0.2) is 64.9 Å². The summed E-state index contributed by atoms with van der Waals surface area (Å²) in [5, 5.41) is 1.83. The van der Waals surface area contributed by atoms with Crippen LogP contribution in [-0.2, 0) is 20.0 Å². The largest absolute Gasteiger partial charge is 0.335 e. The van der Waals surface area contributed by atoms with Crippen molar-refractivity contribution in [3.8, 4) is 0 Å². The van der Waals surface area contributed by atoms with E-state index in [-0.39, 0.29) is 36.1 Å². The molecule has 1 saturated heterocycles. The number of H-pyrrole nitrogens is 1. The predicted molar refractivity (Wildman–Crippen MR) is 105 cm³/mol. The monoisotopic (exact) mass is 420 g/mol. The van der Waals surface area contributed by atoms with Crippen molar-refractivity contribution >= 4 is 30.8 Å². The summed E-state index contributed by atoms with van der Waals surface area (Å²) in [7, 11) is -7.42. The molecule has 28 heavy (non-hydrogen) atoms. The maximum Gasteiger partial charge on any atom is 0.260 e. The van der Waals surface area contributed by atoms with Crippen LogP contribution in [0, 0.1) is 0 Å². The third-order valence-corrected chi connectivity index (χ3v) is 8.58. The second-order valence-electron chi connectivity index (χ2n) is 6.59. The molecule has 0 saturated carbocycles. The van der Waals surface area contributed by atoms with Gasteiger partial charge in [0.15, 0.2) is 5.03 Å². The van der Waals surface area contributed by atoms with Gasteiger partial charge in [-0.15, -0.1) is 0 Å². The fourth-order valence-electron chi connectivity index (χ4n) is 3.35. The van der Waals surface area contributed by atoms with E-state index in [1.807, 2.05) is 24.3 Å². The molecule has 0 unspecified atom stereocenters. The molecule has 0 amide bonds.